The molecule has 0 spiro atoms. The van der Waals surface area contributed by atoms with Crippen molar-refractivity contribution >= 4 is 11.6 Å². The summed E-state index contributed by atoms with van der Waals surface area (Å²) in [6, 6.07) is 12.3. The number of rotatable bonds is 5. The number of carbonyl (C=O) groups is 1. The van der Waals surface area contributed by atoms with Gasteiger partial charge in [-0.2, -0.15) is 5.10 Å². The molecule has 1 aliphatic carbocycles. The fourth-order valence-corrected chi connectivity index (χ4v) is 3.62. The van der Waals surface area contributed by atoms with Crippen molar-refractivity contribution in [2.45, 2.75) is 51.4 Å². The zero-order chi connectivity index (χ0) is 19.2. The van der Waals surface area contributed by atoms with Gasteiger partial charge in [0.25, 0.3) is 5.91 Å². The number of amides is 1. The van der Waals surface area contributed by atoms with E-state index in [1.165, 1.54) is 55.9 Å². The Morgan fingerprint density at radius 1 is 1.07 bits per heavy atom. The Balaban J connectivity index is 1.72. The molecule has 1 aliphatic rings. The van der Waals surface area contributed by atoms with Gasteiger partial charge in [-0.05, 0) is 54.5 Å². The molecule has 0 bridgehead atoms. The molecule has 2 aromatic rings. The molecule has 142 valence electrons. The van der Waals surface area contributed by atoms with Crippen LogP contribution < -0.4 is 5.43 Å². The van der Waals surface area contributed by atoms with Crippen molar-refractivity contribution in [3.63, 3.8) is 0 Å². The monoisotopic (exact) mass is 366 g/mol. The third kappa shape index (κ3) is 4.67. The lowest BCUT2D eigenvalue weighted by Gasteiger charge is -2.22. The van der Waals surface area contributed by atoms with E-state index in [4.69, 9.17) is 0 Å². The number of hydrazone groups is 1. The van der Waals surface area contributed by atoms with E-state index in [2.05, 4.69) is 34.8 Å². The Morgan fingerprint density at radius 3 is 2.44 bits per heavy atom. The van der Waals surface area contributed by atoms with Gasteiger partial charge in [-0.15, -0.1) is 0 Å². The van der Waals surface area contributed by atoms with Gasteiger partial charge in [0.1, 0.15) is 11.5 Å². The highest BCUT2D eigenvalue weighted by molar-refractivity contribution is 6.02. The normalized spacial score (nSPS) is 15.5. The number of carbonyl (C=O) groups excluding carboxylic acids is 1. The summed E-state index contributed by atoms with van der Waals surface area (Å²) in [5.74, 6) is -0.192. The van der Waals surface area contributed by atoms with Gasteiger partial charge in [-0.3, -0.25) is 4.79 Å². The van der Waals surface area contributed by atoms with Crippen LogP contribution in [-0.4, -0.2) is 21.8 Å². The van der Waals surface area contributed by atoms with Crippen LogP contribution in [0.4, 0.5) is 0 Å². The van der Waals surface area contributed by atoms with Gasteiger partial charge in [0.05, 0.1) is 11.3 Å². The van der Waals surface area contributed by atoms with Gasteiger partial charge in [0, 0.05) is 0 Å². The largest absolute Gasteiger partial charge is 0.508 e. The number of hydrogen-bond donors (Lipinski definition) is 3. The quantitative estimate of drug-likeness (QED) is 0.408. The lowest BCUT2D eigenvalue weighted by Crippen LogP contribution is -2.20. The van der Waals surface area contributed by atoms with Crippen LogP contribution >= 0.6 is 0 Å². The molecule has 2 aromatic carbocycles. The van der Waals surface area contributed by atoms with E-state index in [0.29, 0.717) is 12.3 Å². The summed E-state index contributed by atoms with van der Waals surface area (Å²) in [7, 11) is 0. The van der Waals surface area contributed by atoms with Crippen LogP contribution in [0.25, 0.3) is 0 Å². The summed E-state index contributed by atoms with van der Waals surface area (Å²) in [6.45, 7) is 1.98. The Bertz CT molecular complexity index is 822. The minimum Gasteiger partial charge on any atom is -0.508 e. The van der Waals surface area contributed by atoms with E-state index in [1.54, 1.807) is 0 Å². The molecular weight excluding hydrogens is 340 g/mol. The molecule has 0 unspecified atom stereocenters. The number of nitrogens with zero attached hydrogens (tertiary/aromatic N) is 1. The van der Waals surface area contributed by atoms with Crippen molar-refractivity contribution in [2.75, 3.05) is 0 Å². The van der Waals surface area contributed by atoms with Crippen molar-refractivity contribution in [1.29, 1.82) is 0 Å². The summed E-state index contributed by atoms with van der Waals surface area (Å²) in [5.41, 5.74) is 5.57. The molecule has 5 nitrogen and oxygen atoms in total. The Labute approximate surface area is 159 Å². The predicted octanol–water partition coefficient (Wildman–Crippen LogP) is 4.69. The van der Waals surface area contributed by atoms with Crippen molar-refractivity contribution in [3.05, 3.63) is 59.2 Å². The van der Waals surface area contributed by atoms with Gasteiger partial charge in [-0.25, -0.2) is 5.43 Å². The molecule has 0 radical (unpaired) electrons. The predicted molar refractivity (Wildman–Crippen MR) is 106 cm³/mol. The van der Waals surface area contributed by atoms with E-state index >= 15 is 0 Å². The highest BCUT2D eigenvalue weighted by atomic mass is 16.3. The summed E-state index contributed by atoms with van der Waals surface area (Å²) >= 11 is 0. The molecule has 27 heavy (non-hydrogen) atoms. The third-order valence-electron chi connectivity index (χ3n) is 5.17. The molecule has 3 rings (SSSR count). The minimum absolute atomic E-state index is 0.0122. The lowest BCUT2D eigenvalue weighted by molar-refractivity contribution is 0.0951. The SMILES string of the molecule is CCC(=NNC(=O)c1cc(O)ccc1O)c1ccc(C2CCCCC2)cc1. The number of benzene rings is 2. The molecule has 0 aromatic heterocycles. The van der Waals surface area contributed by atoms with Gasteiger partial charge >= 0.3 is 0 Å². The standard InChI is InChI=1S/C22H26N2O3/c1-2-20(23-24-22(27)19-14-18(25)12-13-21(19)26)17-10-8-16(9-11-17)15-6-4-3-5-7-15/h8-15,25-26H,2-7H2,1H3,(H,24,27). The molecule has 1 fully saturated rings. The van der Waals surface area contributed by atoms with E-state index in [1.807, 2.05) is 6.92 Å². The van der Waals surface area contributed by atoms with Gasteiger partial charge in [-0.1, -0.05) is 50.5 Å². The molecule has 0 atom stereocenters. The van der Waals surface area contributed by atoms with E-state index in [9.17, 15) is 15.0 Å². The van der Waals surface area contributed by atoms with Crippen LogP contribution in [0.5, 0.6) is 11.5 Å². The first-order chi connectivity index (χ1) is 13.1. The molecule has 0 heterocycles. The van der Waals surface area contributed by atoms with Gasteiger partial charge in [0.15, 0.2) is 0 Å². The summed E-state index contributed by atoms with van der Waals surface area (Å²) < 4.78 is 0. The van der Waals surface area contributed by atoms with Crippen LogP contribution in [0.1, 0.15) is 72.9 Å². The Hall–Kier alpha value is -2.82. The second-order valence-corrected chi connectivity index (χ2v) is 7.01. The van der Waals surface area contributed by atoms with Gasteiger partial charge in [0.2, 0.25) is 0 Å². The minimum atomic E-state index is -0.562. The van der Waals surface area contributed by atoms with Crippen molar-refractivity contribution < 1.29 is 15.0 Å². The molecular formula is C22H26N2O3. The zero-order valence-electron chi connectivity index (χ0n) is 15.6. The molecule has 1 saturated carbocycles. The van der Waals surface area contributed by atoms with Crippen molar-refractivity contribution in [2.24, 2.45) is 5.10 Å². The van der Waals surface area contributed by atoms with Crippen LogP contribution in [-0.2, 0) is 0 Å². The summed E-state index contributed by atoms with van der Waals surface area (Å²) in [5, 5.41) is 23.5. The second kappa shape index (κ2) is 8.71. The number of hydrogen-bond acceptors (Lipinski definition) is 4. The average molecular weight is 366 g/mol. The first kappa shape index (κ1) is 19.0. The highest BCUT2D eigenvalue weighted by Gasteiger charge is 2.16. The maximum atomic E-state index is 12.2. The number of phenols is 2. The smallest absolute Gasteiger partial charge is 0.275 e. The number of phenolic OH excluding ortho intramolecular Hbond substituents is 2. The Kier molecular flexibility index (Phi) is 6.12. The van der Waals surface area contributed by atoms with Crippen LogP contribution in [0.3, 0.4) is 0 Å². The van der Waals surface area contributed by atoms with E-state index in [0.717, 1.165) is 11.3 Å². The fourth-order valence-electron chi connectivity index (χ4n) is 3.62. The van der Waals surface area contributed by atoms with Crippen molar-refractivity contribution in [3.8, 4) is 11.5 Å². The van der Waals surface area contributed by atoms with Gasteiger partial charge < -0.3 is 10.2 Å². The first-order valence-electron chi connectivity index (χ1n) is 9.57. The highest BCUT2D eigenvalue weighted by Crippen LogP contribution is 2.32. The second-order valence-electron chi connectivity index (χ2n) is 7.01. The molecule has 0 aliphatic heterocycles. The molecule has 1 amide bonds. The maximum absolute atomic E-state index is 12.2. The molecule has 5 heteroatoms. The molecule has 3 N–H and O–H groups in total. The topological polar surface area (TPSA) is 81.9 Å². The van der Waals surface area contributed by atoms with E-state index < -0.39 is 5.91 Å². The fraction of sp³-hybridized carbons (Fsp3) is 0.364. The van der Waals surface area contributed by atoms with Crippen LogP contribution in [0.2, 0.25) is 0 Å². The first-order valence-corrected chi connectivity index (χ1v) is 9.57. The Morgan fingerprint density at radius 2 is 1.78 bits per heavy atom. The number of aromatic hydroxyl groups is 2. The lowest BCUT2D eigenvalue weighted by atomic mass is 9.84. The van der Waals surface area contributed by atoms with Crippen LogP contribution in [0.15, 0.2) is 47.6 Å². The van der Waals surface area contributed by atoms with Crippen molar-refractivity contribution in [1.82, 2.24) is 5.43 Å². The molecule has 0 saturated heterocycles. The third-order valence-corrected chi connectivity index (χ3v) is 5.17. The van der Waals surface area contributed by atoms with E-state index in [-0.39, 0.29) is 17.1 Å². The average Bonchev–Trinajstić information content (AvgIpc) is 2.71. The van der Waals surface area contributed by atoms with Crippen LogP contribution in [0, 0.1) is 0 Å². The summed E-state index contributed by atoms with van der Waals surface area (Å²) in [6.07, 6.45) is 7.14. The summed E-state index contributed by atoms with van der Waals surface area (Å²) in [4.78, 5) is 12.2. The number of nitrogens with one attached hydrogen (secondary N) is 1. The maximum Gasteiger partial charge on any atom is 0.275 e. The zero-order valence-corrected chi connectivity index (χ0v) is 15.6.